The summed E-state index contributed by atoms with van der Waals surface area (Å²) in [5, 5.41) is 3.23. The Kier molecular flexibility index (Phi) is 5.58. The molecule has 1 aliphatic rings. The molecule has 0 aliphatic carbocycles. The van der Waals surface area contributed by atoms with Gasteiger partial charge in [-0.1, -0.05) is 0 Å². The van der Waals surface area contributed by atoms with Crippen LogP contribution in [0.1, 0.15) is 26.2 Å². The highest BCUT2D eigenvalue weighted by Crippen LogP contribution is 2.17. The minimum absolute atomic E-state index is 0.722. The molecule has 2 atom stereocenters. The smallest absolute Gasteiger partial charge is 0.0217 e. The van der Waals surface area contributed by atoms with Crippen molar-refractivity contribution in [1.82, 2.24) is 15.1 Å². The lowest BCUT2D eigenvalue weighted by atomic mass is 10.0. The van der Waals surface area contributed by atoms with Crippen molar-refractivity contribution in [3.8, 4) is 0 Å². The van der Waals surface area contributed by atoms with E-state index in [2.05, 4.69) is 36.1 Å². The Morgan fingerprint density at radius 1 is 1.47 bits per heavy atom. The third-order valence-corrected chi connectivity index (χ3v) is 3.59. The Labute approximate surface area is 94.8 Å². The molecule has 2 unspecified atom stereocenters. The van der Waals surface area contributed by atoms with E-state index in [0.29, 0.717) is 0 Å². The van der Waals surface area contributed by atoms with Crippen LogP contribution < -0.4 is 5.32 Å². The number of nitrogens with one attached hydrogen (secondary N) is 1. The zero-order chi connectivity index (χ0) is 11.3. The second-order valence-electron chi connectivity index (χ2n) is 5.00. The maximum absolute atomic E-state index is 3.23. The Hall–Kier alpha value is -0.120. The molecule has 0 aromatic carbocycles. The number of piperidine rings is 1. The molecule has 0 saturated carbocycles. The zero-order valence-corrected chi connectivity index (χ0v) is 10.8. The molecular weight excluding hydrogens is 186 g/mol. The molecule has 1 saturated heterocycles. The fourth-order valence-electron chi connectivity index (χ4n) is 2.34. The summed E-state index contributed by atoms with van der Waals surface area (Å²) in [5.74, 6) is 0. The van der Waals surface area contributed by atoms with E-state index in [4.69, 9.17) is 0 Å². The average Bonchev–Trinajstić information content (AvgIpc) is 2.26. The van der Waals surface area contributed by atoms with E-state index in [1.807, 2.05) is 7.05 Å². The molecular formula is C12H27N3. The highest BCUT2D eigenvalue weighted by molar-refractivity contribution is 4.81. The van der Waals surface area contributed by atoms with E-state index in [0.717, 1.165) is 18.6 Å². The molecule has 0 aromatic heterocycles. The molecule has 3 heteroatoms. The number of hydrogen-bond donors (Lipinski definition) is 1. The van der Waals surface area contributed by atoms with Crippen molar-refractivity contribution in [2.75, 3.05) is 40.8 Å². The first-order valence-electron chi connectivity index (χ1n) is 6.20. The zero-order valence-electron chi connectivity index (χ0n) is 10.8. The fourth-order valence-corrected chi connectivity index (χ4v) is 2.34. The van der Waals surface area contributed by atoms with Gasteiger partial charge >= 0.3 is 0 Å². The Balaban J connectivity index is 2.34. The normalized spacial score (nSPS) is 25.8. The van der Waals surface area contributed by atoms with Gasteiger partial charge in [0.2, 0.25) is 0 Å². The van der Waals surface area contributed by atoms with Crippen LogP contribution in [0.3, 0.4) is 0 Å². The van der Waals surface area contributed by atoms with Crippen LogP contribution in [0.15, 0.2) is 0 Å². The molecule has 1 aliphatic heterocycles. The first-order valence-corrected chi connectivity index (χ1v) is 6.20. The number of likely N-dealkylation sites (N-methyl/N-ethyl adjacent to an activating group) is 1. The second-order valence-corrected chi connectivity index (χ2v) is 5.00. The van der Waals surface area contributed by atoms with Crippen molar-refractivity contribution in [3.63, 3.8) is 0 Å². The molecule has 0 aromatic rings. The number of likely N-dealkylation sites (tertiary alicyclic amines) is 1. The summed E-state index contributed by atoms with van der Waals surface area (Å²) in [7, 11) is 6.43. The predicted octanol–water partition coefficient (Wildman–Crippen LogP) is 1.01. The van der Waals surface area contributed by atoms with Gasteiger partial charge < -0.3 is 10.2 Å². The SMILES string of the molecule is CNCCC(C)N1CCCC(N(C)C)C1. The lowest BCUT2D eigenvalue weighted by Crippen LogP contribution is -2.48. The number of rotatable bonds is 5. The molecule has 15 heavy (non-hydrogen) atoms. The van der Waals surface area contributed by atoms with Gasteiger partial charge in [0, 0.05) is 18.6 Å². The molecule has 1 rings (SSSR count). The van der Waals surface area contributed by atoms with Crippen molar-refractivity contribution in [2.45, 2.75) is 38.3 Å². The largest absolute Gasteiger partial charge is 0.320 e. The summed E-state index contributed by atoms with van der Waals surface area (Å²) in [6, 6.07) is 1.48. The lowest BCUT2D eigenvalue weighted by molar-refractivity contribution is 0.0990. The van der Waals surface area contributed by atoms with E-state index in [1.54, 1.807) is 0 Å². The molecule has 3 nitrogen and oxygen atoms in total. The monoisotopic (exact) mass is 213 g/mol. The third kappa shape index (κ3) is 4.09. The van der Waals surface area contributed by atoms with E-state index in [-0.39, 0.29) is 0 Å². The predicted molar refractivity (Wildman–Crippen MR) is 66.3 cm³/mol. The van der Waals surface area contributed by atoms with Crippen LogP contribution in [0.25, 0.3) is 0 Å². The van der Waals surface area contributed by atoms with Crippen molar-refractivity contribution < 1.29 is 0 Å². The van der Waals surface area contributed by atoms with Gasteiger partial charge in [-0.3, -0.25) is 4.90 Å². The first-order chi connectivity index (χ1) is 7.15. The average molecular weight is 213 g/mol. The minimum Gasteiger partial charge on any atom is -0.320 e. The van der Waals surface area contributed by atoms with Crippen LogP contribution in [0.4, 0.5) is 0 Å². The summed E-state index contributed by atoms with van der Waals surface area (Å²) < 4.78 is 0. The van der Waals surface area contributed by atoms with E-state index >= 15 is 0 Å². The topological polar surface area (TPSA) is 18.5 Å². The molecule has 1 N–H and O–H groups in total. The van der Waals surface area contributed by atoms with Crippen LogP contribution in [0.2, 0.25) is 0 Å². The summed E-state index contributed by atoms with van der Waals surface area (Å²) in [6.07, 6.45) is 3.98. The summed E-state index contributed by atoms with van der Waals surface area (Å²) >= 11 is 0. The highest BCUT2D eigenvalue weighted by atomic mass is 15.2. The van der Waals surface area contributed by atoms with Crippen LogP contribution >= 0.6 is 0 Å². The maximum Gasteiger partial charge on any atom is 0.0217 e. The van der Waals surface area contributed by atoms with Gasteiger partial charge in [0.25, 0.3) is 0 Å². The quantitative estimate of drug-likeness (QED) is 0.735. The van der Waals surface area contributed by atoms with Crippen LogP contribution in [0.5, 0.6) is 0 Å². The molecule has 90 valence electrons. The van der Waals surface area contributed by atoms with Crippen molar-refractivity contribution >= 4 is 0 Å². The molecule has 1 fully saturated rings. The van der Waals surface area contributed by atoms with Gasteiger partial charge in [-0.05, 0) is 60.4 Å². The summed E-state index contributed by atoms with van der Waals surface area (Å²) in [5.41, 5.74) is 0. The Bertz CT molecular complexity index is 170. The molecule has 0 radical (unpaired) electrons. The summed E-state index contributed by atoms with van der Waals surface area (Å²) in [6.45, 7) is 6.02. The Morgan fingerprint density at radius 3 is 2.80 bits per heavy atom. The van der Waals surface area contributed by atoms with E-state index in [1.165, 1.54) is 32.4 Å². The fraction of sp³-hybridized carbons (Fsp3) is 1.00. The molecule has 0 bridgehead atoms. The molecule has 0 spiro atoms. The van der Waals surface area contributed by atoms with Gasteiger partial charge in [-0.25, -0.2) is 0 Å². The van der Waals surface area contributed by atoms with Crippen molar-refractivity contribution in [1.29, 1.82) is 0 Å². The van der Waals surface area contributed by atoms with Crippen LogP contribution in [-0.2, 0) is 0 Å². The standard InChI is InChI=1S/C12H27N3/c1-11(7-8-13-2)15-9-5-6-12(10-15)14(3)4/h11-13H,5-10H2,1-4H3. The van der Waals surface area contributed by atoms with Crippen LogP contribution in [0, 0.1) is 0 Å². The first kappa shape index (κ1) is 12.9. The minimum atomic E-state index is 0.722. The van der Waals surface area contributed by atoms with Gasteiger partial charge in [0.15, 0.2) is 0 Å². The van der Waals surface area contributed by atoms with Gasteiger partial charge in [0.05, 0.1) is 0 Å². The number of nitrogens with zero attached hydrogens (tertiary/aromatic N) is 2. The van der Waals surface area contributed by atoms with Crippen LogP contribution in [-0.4, -0.2) is 62.7 Å². The molecule has 1 heterocycles. The van der Waals surface area contributed by atoms with Crippen molar-refractivity contribution in [2.24, 2.45) is 0 Å². The third-order valence-electron chi connectivity index (χ3n) is 3.59. The maximum atomic E-state index is 3.23. The van der Waals surface area contributed by atoms with E-state index in [9.17, 15) is 0 Å². The Morgan fingerprint density at radius 2 is 2.20 bits per heavy atom. The van der Waals surface area contributed by atoms with Gasteiger partial charge in [-0.2, -0.15) is 0 Å². The number of hydrogen-bond acceptors (Lipinski definition) is 3. The highest BCUT2D eigenvalue weighted by Gasteiger charge is 2.24. The summed E-state index contributed by atoms with van der Waals surface area (Å²) in [4.78, 5) is 5.02. The van der Waals surface area contributed by atoms with Crippen molar-refractivity contribution in [3.05, 3.63) is 0 Å². The lowest BCUT2D eigenvalue weighted by Gasteiger charge is -2.39. The molecule has 0 amide bonds. The van der Waals surface area contributed by atoms with Gasteiger partial charge in [-0.15, -0.1) is 0 Å². The second kappa shape index (κ2) is 6.46. The van der Waals surface area contributed by atoms with E-state index < -0.39 is 0 Å². The van der Waals surface area contributed by atoms with Gasteiger partial charge in [0.1, 0.15) is 0 Å².